The molecule has 0 spiro atoms. The Morgan fingerprint density at radius 3 is 2.35 bits per heavy atom. The van der Waals surface area contributed by atoms with Gasteiger partial charge in [0.25, 0.3) is 0 Å². The first kappa shape index (κ1) is 12.2. The predicted molar refractivity (Wildman–Crippen MR) is 71.7 cm³/mol. The van der Waals surface area contributed by atoms with E-state index in [2.05, 4.69) is 31.1 Å². The van der Waals surface area contributed by atoms with Crippen LogP contribution >= 0.6 is 0 Å². The van der Waals surface area contributed by atoms with Gasteiger partial charge in [-0.3, -0.25) is 0 Å². The predicted octanol–water partition coefficient (Wildman–Crippen LogP) is 3.04. The Hall–Kier alpha value is -1.24. The van der Waals surface area contributed by atoms with Crippen LogP contribution in [0, 0.1) is 11.5 Å². The number of hydrogen-bond acceptors (Lipinski definition) is 2. The van der Waals surface area contributed by atoms with E-state index in [4.69, 9.17) is 9.47 Å². The fraction of sp³-hybridized carbons (Fsp3) is 0.429. The third-order valence-corrected chi connectivity index (χ3v) is 3.24. The molecule has 90 valence electrons. The van der Waals surface area contributed by atoms with E-state index in [1.807, 2.05) is 24.3 Å². The Morgan fingerprint density at radius 1 is 1.24 bits per heavy atom. The largest absolute Gasteiger partial charge is 0.465 e. The van der Waals surface area contributed by atoms with E-state index in [0.29, 0.717) is 0 Å². The van der Waals surface area contributed by atoms with Crippen molar-refractivity contribution in [1.82, 2.24) is 0 Å². The summed E-state index contributed by atoms with van der Waals surface area (Å²) < 4.78 is 10.8. The smallest absolute Gasteiger partial charge is 0.202 e. The van der Waals surface area contributed by atoms with Crippen LogP contribution in [0.5, 0.6) is 5.75 Å². The zero-order valence-corrected chi connectivity index (χ0v) is 11.6. The van der Waals surface area contributed by atoms with Crippen molar-refractivity contribution in [2.45, 2.75) is 32.4 Å². The Morgan fingerprint density at radius 2 is 1.88 bits per heavy atom. The number of benzene rings is 1. The lowest BCUT2D eigenvalue weighted by Gasteiger charge is -2.26. The minimum absolute atomic E-state index is 0.0473. The number of hydrogen-bond donors (Lipinski definition) is 0. The van der Waals surface area contributed by atoms with E-state index in [0.717, 1.165) is 24.3 Å². The lowest BCUT2D eigenvalue weighted by atomic mass is 10.2. The van der Waals surface area contributed by atoms with Gasteiger partial charge in [-0.15, -0.1) is 5.54 Å². The van der Waals surface area contributed by atoms with Crippen molar-refractivity contribution in [3.8, 4) is 17.2 Å². The minimum Gasteiger partial charge on any atom is -0.465 e. The quantitative estimate of drug-likeness (QED) is 0.590. The van der Waals surface area contributed by atoms with E-state index in [9.17, 15) is 0 Å². The van der Waals surface area contributed by atoms with Crippen LogP contribution in [0.15, 0.2) is 24.3 Å². The average Bonchev–Trinajstić information content (AvgIpc) is 2.21. The third-order valence-electron chi connectivity index (χ3n) is 2.36. The summed E-state index contributed by atoms with van der Waals surface area (Å²) in [7, 11) is -1.29. The second-order valence-electron chi connectivity index (χ2n) is 5.23. The molecule has 0 saturated carbocycles. The molecule has 1 aliphatic rings. The maximum absolute atomic E-state index is 5.59. The van der Waals surface area contributed by atoms with E-state index < -0.39 is 8.07 Å². The molecule has 1 saturated heterocycles. The fourth-order valence-corrected chi connectivity index (χ4v) is 1.85. The minimum atomic E-state index is -1.29. The van der Waals surface area contributed by atoms with Gasteiger partial charge in [0.1, 0.15) is 13.8 Å². The Kier molecular flexibility index (Phi) is 3.56. The summed E-state index contributed by atoms with van der Waals surface area (Å²) >= 11 is 0. The van der Waals surface area contributed by atoms with Crippen LogP contribution in [0.4, 0.5) is 0 Å². The van der Waals surface area contributed by atoms with Gasteiger partial charge < -0.3 is 9.47 Å². The summed E-state index contributed by atoms with van der Waals surface area (Å²) in [5, 5.41) is 0. The second-order valence-corrected chi connectivity index (χ2v) is 9.98. The molecular weight excluding hydrogens is 228 g/mol. The number of ether oxygens (including phenoxy) is 2. The molecular formula is C14H18O2Si. The summed E-state index contributed by atoms with van der Waals surface area (Å²) in [4.78, 5) is 0. The lowest BCUT2D eigenvalue weighted by Crippen LogP contribution is -2.32. The summed E-state index contributed by atoms with van der Waals surface area (Å²) in [5.74, 6) is 4.07. The topological polar surface area (TPSA) is 18.5 Å². The van der Waals surface area contributed by atoms with Crippen LogP contribution < -0.4 is 4.74 Å². The summed E-state index contributed by atoms with van der Waals surface area (Å²) in [5.41, 5.74) is 4.39. The van der Waals surface area contributed by atoms with Gasteiger partial charge in [-0.2, -0.15) is 0 Å². The molecule has 1 fully saturated rings. The van der Waals surface area contributed by atoms with Crippen molar-refractivity contribution >= 4 is 8.07 Å². The van der Waals surface area contributed by atoms with Crippen LogP contribution in [-0.2, 0) is 4.74 Å². The van der Waals surface area contributed by atoms with Crippen LogP contribution in [-0.4, -0.2) is 21.0 Å². The fourth-order valence-electron chi connectivity index (χ4n) is 1.34. The molecule has 1 aliphatic heterocycles. The molecule has 0 amide bonds. The van der Waals surface area contributed by atoms with E-state index >= 15 is 0 Å². The van der Waals surface area contributed by atoms with Crippen molar-refractivity contribution in [3.63, 3.8) is 0 Å². The first-order chi connectivity index (χ1) is 8.03. The lowest BCUT2D eigenvalue weighted by molar-refractivity contribution is -0.165. The molecule has 2 rings (SSSR count). The first-order valence-electron chi connectivity index (χ1n) is 5.94. The van der Waals surface area contributed by atoms with Gasteiger partial charge in [0.05, 0.1) is 6.61 Å². The third kappa shape index (κ3) is 3.92. The maximum atomic E-state index is 5.59. The molecule has 1 atom stereocenters. The Bertz CT molecular complexity index is 430. The normalized spacial score (nSPS) is 18.9. The van der Waals surface area contributed by atoms with Gasteiger partial charge in [-0.05, 0) is 24.3 Å². The Balaban J connectivity index is 1.99. The second kappa shape index (κ2) is 4.95. The van der Waals surface area contributed by atoms with Gasteiger partial charge in [0.2, 0.25) is 6.29 Å². The highest BCUT2D eigenvalue weighted by Gasteiger charge is 2.19. The van der Waals surface area contributed by atoms with Gasteiger partial charge in [-0.25, -0.2) is 0 Å². The molecule has 0 aliphatic carbocycles. The monoisotopic (exact) mass is 246 g/mol. The van der Waals surface area contributed by atoms with Crippen LogP contribution in [0.25, 0.3) is 0 Å². The molecule has 1 aromatic carbocycles. The molecule has 1 heterocycles. The molecule has 17 heavy (non-hydrogen) atoms. The van der Waals surface area contributed by atoms with Gasteiger partial charge in [0.15, 0.2) is 0 Å². The highest BCUT2D eigenvalue weighted by atomic mass is 28.3. The molecule has 0 bridgehead atoms. The van der Waals surface area contributed by atoms with Gasteiger partial charge in [0, 0.05) is 12.0 Å². The first-order valence-corrected chi connectivity index (χ1v) is 9.44. The van der Waals surface area contributed by atoms with Crippen molar-refractivity contribution < 1.29 is 9.47 Å². The van der Waals surface area contributed by atoms with Crippen LogP contribution in [0.1, 0.15) is 12.0 Å². The summed E-state index contributed by atoms with van der Waals surface area (Å²) in [6.45, 7) is 7.53. The van der Waals surface area contributed by atoms with E-state index in [1.54, 1.807) is 0 Å². The van der Waals surface area contributed by atoms with Crippen molar-refractivity contribution in [3.05, 3.63) is 29.8 Å². The molecule has 3 heteroatoms. The number of rotatable bonds is 2. The average molecular weight is 246 g/mol. The van der Waals surface area contributed by atoms with Crippen molar-refractivity contribution in [2.24, 2.45) is 0 Å². The van der Waals surface area contributed by atoms with Crippen molar-refractivity contribution in [1.29, 1.82) is 0 Å². The SMILES string of the molecule is C[Si](C)(C)C#Cc1ccc(OC2CCO2)cc1. The molecule has 0 N–H and O–H groups in total. The van der Waals surface area contributed by atoms with Crippen LogP contribution in [0.3, 0.4) is 0 Å². The molecule has 2 nitrogen and oxygen atoms in total. The van der Waals surface area contributed by atoms with Gasteiger partial charge >= 0.3 is 0 Å². The molecule has 0 radical (unpaired) electrons. The zero-order chi connectivity index (χ0) is 12.3. The summed E-state index contributed by atoms with van der Waals surface area (Å²) in [6.07, 6.45) is 0.936. The highest BCUT2D eigenvalue weighted by molar-refractivity contribution is 6.83. The van der Waals surface area contributed by atoms with E-state index in [-0.39, 0.29) is 6.29 Å². The summed E-state index contributed by atoms with van der Waals surface area (Å²) in [6, 6.07) is 7.91. The van der Waals surface area contributed by atoms with Crippen LogP contribution in [0.2, 0.25) is 19.6 Å². The maximum Gasteiger partial charge on any atom is 0.202 e. The standard InChI is InChI=1S/C14H18O2Si/c1-17(2,3)11-9-12-4-6-13(7-5-12)16-14-8-10-15-14/h4-7,14H,8,10H2,1-3H3. The molecule has 1 unspecified atom stereocenters. The Labute approximate surface area is 104 Å². The van der Waals surface area contributed by atoms with Crippen molar-refractivity contribution in [2.75, 3.05) is 6.61 Å². The van der Waals surface area contributed by atoms with Gasteiger partial charge in [-0.1, -0.05) is 25.6 Å². The molecule has 0 aromatic heterocycles. The zero-order valence-electron chi connectivity index (χ0n) is 10.6. The highest BCUT2D eigenvalue weighted by Crippen LogP contribution is 2.19. The van der Waals surface area contributed by atoms with E-state index in [1.165, 1.54) is 0 Å². The molecule has 1 aromatic rings.